The minimum atomic E-state index is -0.579. The molecule has 8 heteroatoms. The van der Waals surface area contributed by atoms with Gasteiger partial charge in [0, 0.05) is 18.7 Å². The van der Waals surface area contributed by atoms with Gasteiger partial charge >= 0.3 is 0 Å². The Morgan fingerprint density at radius 1 is 0.974 bits per heavy atom. The fourth-order valence-corrected chi connectivity index (χ4v) is 4.93. The molecule has 0 bridgehead atoms. The van der Waals surface area contributed by atoms with Gasteiger partial charge in [-0.15, -0.1) is 5.10 Å². The van der Waals surface area contributed by atoms with E-state index in [-0.39, 0.29) is 16.9 Å². The standard InChI is InChI=1S/C31H33FN6O/c1-5-31(3,4)38-29(34-35-36-38)28(26-18-24-13-9-10-21(2)27(24)33-30(26)39)37(19-22-11-7-6-8-12-22)20-23-14-16-25(32)17-15-23/h6-18,28H,5,19-20H2,1-4H3,(H,33,39)/t28-/m1/s1. The number of nitrogens with zero attached hydrogens (tertiary/aromatic N) is 5. The number of aromatic nitrogens is 5. The average molecular weight is 525 g/mol. The van der Waals surface area contributed by atoms with Crippen molar-refractivity contribution in [3.05, 3.63) is 123 Å². The van der Waals surface area contributed by atoms with Crippen molar-refractivity contribution in [2.45, 2.75) is 58.8 Å². The number of pyridine rings is 1. The Balaban J connectivity index is 1.74. The predicted molar refractivity (Wildman–Crippen MR) is 151 cm³/mol. The minimum absolute atomic E-state index is 0.192. The first kappa shape index (κ1) is 26.4. The normalized spacial score (nSPS) is 12.8. The maximum atomic E-state index is 13.8. The summed E-state index contributed by atoms with van der Waals surface area (Å²) in [5.74, 6) is 0.289. The van der Waals surface area contributed by atoms with Gasteiger partial charge < -0.3 is 4.98 Å². The number of para-hydroxylation sites is 1. The first-order valence-corrected chi connectivity index (χ1v) is 13.2. The summed E-state index contributed by atoms with van der Waals surface area (Å²) < 4.78 is 15.6. The Bertz CT molecular complexity index is 1630. The SMILES string of the molecule is CCC(C)(C)n1nnnc1[C@@H](c1cc2cccc(C)c2[nH]c1=O)N(Cc1ccccc1)Cc1ccc(F)cc1. The van der Waals surface area contributed by atoms with Crippen molar-refractivity contribution in [1.29, 1.82) is 0 Å². The number of hydrogen-bond acceptors (Lipinski definition) is 5. The predicted octanol–water partition coefficient (Wildman–Crippen LogP) is 5.90. The van der Waals surface area contributed by atoms with Gasteiger partial charge in [0.1, 0.15) is 11.9 Å². The molecule has 0 aliphatic rings. The molecule has 1 atom stereocenters. The van der Waals surface area contributed by atoms with Crippen molar-refractivity contribution in [3.63, 3.8) is 0 Å². The average Bonchev–Trinajstić information content (AvgIpc) is 3.42. The van der Waals surface area contributed by atoms with Gasteiger partial charge in [0.05, 0.1) is 11.1 Å². The van der Waals surface area contributed by atoms with Gasteiger partial charge in [0.2, 0.25) is 0 Å². The largest absolute Gasteiger partial charge is 0.321 e. The van der Waals surface area contributed by atoms with E-state index in [2.05, 4.69) is 58.3 Å². The molecule has 5 rings (SSSR count). The van der Waals surface area contributed by atoms with E-state index in [1.165, 1.54) is 12.1 Å². The maximum Gasteiger partial charge on any atom is 0.253 e. The minimum Gasteiger partial charge on any atom is -0.321 e. The number of benzene rings is 3. The molecule has 0 fully saturated rings. The Morgan fingerprint density at radius 3 is 2.36 bits per heavy atom. The molecule has 0 radical (unpaired) electrons. The second-order valence-corrected chi connectivity index (χ2v) is 10.6. The summed E-state index contributed by atoms with van der Waals surface area (Å²) in [6, 6.07) is 23.9. The molecule has 1 N–H and O–H groups in total. The molecule has 0 amide bonds. The second kappa shape index (κ2) is 10.9. The first-order chi connectivity index (χ1) is 18.8. The third kappa shape index (κ3) is 5.52. The number of tetrazole rings is 1. The van der Waals surface area contributed by atoms with Gasteiger partial charge in [-0.05, 0) is 77.9 Å². The molecular weight excluding hydrogens is 491 g/mol. The molecule has 200 valence electrons. The van der Waals surface area contributed by atoms with Crippen LogP contribution in [0, 0.1) is 12.7 Å². The van der Waals surface area contributed by atoms with Gasteiger partial charge in [-0.2, -0.15) is 0 Å². The second-order valence-electron chi connectivity index (χ2n) is 10.6. The zero-order chi connectivity index (χ0) is 27.6. The molecule has 39 heavy (non-hydrogen) atoms. The summed E-state index contributed by atoms with van der Waals surface area (Å²) in [5.41, 5.74) is 3.78. The lowest BCUT2D eigenvalue weighted by Crippen LogP contribution is -2.38. The molecule has 2 aromatic heterocycles. The summed E-state index contributed by atoms with van der Waals surface area (Å²) >= 11 is 0. The number of aromatic amines is 1. The number of fused-ring (bicyclic) bond motifs is 1. The van der Waals surface area contributed by atoms with E-state index in [0.29, 0.717) is 24.5 Å². The fraction of sp³-hybridized carbons (Fsp3) is 0.290. The Kier molecular flexibility index (Phi) is 7.39. The van der Waals surface area contributed by atoms with Crippen LogP contribution in [-0.2, 0) is 18.6 Å². The summed E-state index contributed by atoms with van der Waals surface area (Å²) in [6.45, 7) is 9.21. The lowest BCUT2D eigenvalue weighted by Gasteiger charge is -2.33. The third-order valence-electron chi connectivity index (χ3n) is 7.48. The van der Waals surface area contributed by atoms with Crippen molar-refractivity contribution in [1.82, 2.24) is 30.1 Å². The van der Waals surface area contributed by atoms with Crippen molar-refractivity contribution in [2.24, 2.45) is 0 Å². The number of halogens is 1. The molecule has 5 aromatic rings. The van der Waals surface area contributed by atoms with Crippen molar-refractivity contribution < 1.29 is 4.39 Å². The molecule has 0 spiro atoms. The molecule has 0 aliphatic heterocycles. The molecule has 7 nitrogen and oxygen atoms in total. The summed E-state index contributed by atoms with van der Waals surface area (Å²) in [6.07, 6.45) is 0.793. The number of nitrogens with one attached hydrogen (secondary N) is 1. The van der Waals surface area contributed by atoms with Crippen molar-refractivity contribution in [3.8, 4) is 0 Å². The highest BCUT2D eigenvalue weighted by Crippen LogP contribution is 2.33. The van der Waals surface area contributed by atoms with Crippen LogP contribution in [0.15, 0.2) is 83.7 Å². The third-order valence-corrected chi connectivity index (χ3v) is 7.48. The van der Waals surface area contributed by atoms with Crippen LogP contribution in [0.25, 0.3) is 10.9 Å². The number of aryl methyl sites for hydroxylation is 1. The van der Waals surface area contributed by atoms with Gasteiger partial charge in [0.15, 0.2) is 5.82 Å². The molecule has 0 aliphatic carbocycles. The van der Waals surface area contributed by atoms with Crippen molar-refractivity contribution >= 4 is 10.9 Å². The molecule has 0 saturated carbocycles. The molecule has 3 aromatic carbocycles. The topological polar surface area (TPSA) is 79.7 Å². The highest BCUT2D eigenvalue weighted by Gasteiger charge is 2.34. The van der Waals surface area contributed by atoms with E-state index in [9.17, 15) is 9.18 Å². The summed E-state index contributed by atoms with van der Waals surface area (Å²) in [7, 11) is 0. The zero-order valence-electron chi connectivity index (χ0n) is 22.7. The number of rotatable bonds is 9. The van der Waals surface area contributed by atoms with E-state index >= 15 is 0 Å². The number of H-pyrrole nitrogens is 1. The van der Waals surface area contributed by atoms with Gasteiger partial charge in [0.25, 0.3) is 5.56 Å². The monoisotopic (exact) mass is 524 g/mol. The highest BCUT2D eigenvalue weighted by molar-refractivity contribution is 5.82. The fourth-order valence-electron chi connectivity index (χ4n) is 4.93. The molecule has 2 heterocycles. The Hall–Kier alpha value is -4.17. The lowest BCUT2D eigenvalue weighted by molar-refractivity contribution is 0.180. The molecular formula is C31H33FN6O. The van der Waals surface area contributed by atoms with Gasteiger partial charge in [-0.25, -0.2) is 9.07 Å². The van der Waals surface area contributed by atoms with Crippen LogP contribution in [-0.4, -0.2) is 30.1 Å². The van der Waals surface area contributed by atoms with Crippen LogP contribution >= 0.6 is 0 Å². The highest BCUT2D eigenvalue weighted by atomic mass is 19.1. The molecule has 0 saturated heterocycles. The quantitative estimate of drug-likeness (QED) is 0.260. The van der Waals surface area contributed by atoms with E-state index < -0.39 is 6.04 Å². The molecule has 0 unspecified atom stereocenters. The van der Waals surface area contributed by atoms with Crippen molar-refractivity contribution in [2.75, 3.05) is 0 Å². The summed E-state index contributed by atoms with van der Waals surface area (Å²) in [4.78, 5) is 19.1. The van der Waals surface area contributed by atoms with Crippen LogP contribution < -0.4 is 5.56 Å². The smallest absolute Gasteiger partial charge is 0.253 e. The van der Waals surface area contributed by atoms with Crippen LogP contribution in [0.3, 0.4) is 0 Å². The lowest BCUT2D eigenvalue weighted by atomic mass is 9.98. The first-order valence-electron chi connectivity index (χ1n) is 13.2. The Morgan fingerprint density at radius 2 is 1.67 bits per heavy atom. The maximum absolute atomic E-state index is 13.8. The van der Waals surface area contributed by atoms with E-state index in [1.54, 1.807) is 12.1 Å². The van der Waals surface area contributed by atoms with E-state index in [4.69, 9.17) is 0 Å². The van der Waals surface area contributed by atoms with Gasteiger partial charge in [-0.3, -0.25) is 9.69 Å². The van der Waals surface area contributed by atoms with Crippen LogP contribution in [0.2, 0.25) is 0 Å². The van der Waals surface area contributed by atoms with Crippen LogP contribution in [0.4, 0.5) is 4.39 Å². The van der Waals surface area contributed by atoms with E-state index in [0.717, 1.165) is 34.0 Å². The van der Waals surface area contributed by atoms with E-state index in [1.807, 2.05) is 54.1 Å². The zero-order valence-corrected chi connectivity index (χ0v) is 22.7. The Labute approximate surface area is 227 Å². The summed E-state index contributed by atoms with van der Waals surface area (Å²) in [5, 5.41) is 13.9. The number of hydrogen-bond donors (Lipinski definition) is 1. The van der Waals surface area contributed by atoms with Crippen LogP contribution in [0.5, 0.6) is 0 Å². The van der Waals surface area contributed by atoms with Crippen LogP contribution in [0.1, 0.15) is 61.3 Å². The van der Waals surface area contributed by atoms with Gasteiger partial charge in [-0.1, -0.05) is 67.6 Å².